The van der Waals surface area contributed by atoms with Gasteiger partial charge in [-0.2, -0.15) is 0 Å². The molecule has 0 spiro atoms. The van der Waals surface area contributed by atoms with Crippen LogP contribution in [-0.4, -0.2) is 28.4 Å². The van der Waals surface area contributed by atoms with Gasteiger partial charge in [-0.1, -0.05) is 5.92 Å². The van der Waals surface area contributed by atoms with Gasteiger partial charge in [-0.3, -0.25) is 4.79 Å². The van der Waals surface area contributed by atoms with Gasteiger partial charge in [0.1, 0.15) is 5.69 Å². The third kappa shape index (κ3) is 2.60. The van der Waals surface area contributed by atoms with E-state index in [0.717, 1.165) is 0 Å². The maximum Gasteiger partial charge on any atom is 0.272 e. The number of amides is 1. The zero-order chi connectivity index (χ0) is 12.3. The van der Waals surface area contributed by atoms with Gasteiger partial charge >= 0.3 is 0 Å². The van der Waals surface area contributed by atoms with Crippen LogP contribution in [0.15, 0.2) is 18.3 Å². The molecule has 84 valence electrons. The van der Waals surface area contributed by atoms with Crippen molar-refractivity contribution in [1.29, 1.82) is 0 Å². The Morgan fingerprint density at radius 1 is 1.44 bits per heavy atom. The summed E-state index contributed by atoms with van der Waals surface area (Å²) in [6.45, 7) is 5.92. The summed E-state index contributed by atoms with van der Waals surface area (Å²) in [5, 5.41) is 0. The standard InChI is InChI=1S/C13H16N2O/c1-6-10-7-8-11(14-9-10)12(16)15(5)13(2,3)4/h1,7-9H,2-5H3. The number of hydrogen-bond donors (Lipinski definition) is 0. The minimum absolute atomic E-state index is 0.101. The molecule has 16 heavy (non-hydrogen) atoms. The smallest absolute Gasteiger partial charge is 0.272 e. The highest BCUT2D eigenvalue weighted by Gasteiger charge is 2.23. The molecule has 0 atom stereocenters. The summed E-state index contributed by atoms with van der Waals surface area (Å²) in [4.78, 5) is 17.7. The molecular weight excluding hydrogens is 200 g/mol. The first-order valence-electron chi connectivity index (χ1n) is 5.07. The summed E-state index contributed by atoms with van der Waals surface area (Å²) in [5.41, 5.74) is 0.871. The number of nitrogens with zero attached hydrogens (tertiary/aromatic N) is 2. The van der Waals surface area contributed by atoms with Crippen molar-refractivity contribution in [2.45, 2.75) is 26.3 Å². The van der Waals surface area contributed by atoms with E-state index < -0.39 is 0 Å². The molecule has 1 aromatic rings. The summed E-state index contributed by atoms with van der Waals surface area (Å²) in [6.07, 6.45) is 6.75. The SMILES string of the molecule is C#Cc1ccc(C(=O)N(C)C(C)(C)C)nc1. The molecule has 3 nitrogen and oxygen atoms in total. The lowest BCUT2D eigenvalue weighted by atomic mass is 10.1. The quantitative estimate of drug-likeness (QED) is 0.672. The van der Waals surface area contributed by atoms with Gasteiger partial charge in [0.15, 0.2) is 0 Å². The largest absolute Gasteiger partial charge is 0.336 e. The average Bonchev–Trinajstić information content (AvgIpc) is 2.26. The molecule has 3 heteroatoms. The minimum Gasteiger partial charge on any atom is -0.336 e. The molecule has 0 bridgehead atoms. The van der Waals surface area contributed by atoms with Gasteiger partial charge in [-0.25, -0.2) is 4.98 Å². The van der Waals surface area contributed by atoms with Gasteiger partial charge in [0, 0.05) is 24.3 Å². The predicted octanol–water partition coefficient (Wildman–Crippen LogP) is 1.93. The second kappa shape index (κ2) is 4.36. The van der Waals surface area contributed by atoms with Crippen LogP contribution in [0.5, 0.6) is 0 Å². The highest BCUT2D eigenvalue weighted by Crippen LogP contribution is 2.13. The van der Waals surface area contributed by atoms with Crippen molar-refractivity contribution < 1.29 is 4.79 Å². The summed E-state index contributed by atoms with van der Waals surface area (Å²) in [6, 6.07) is 3.37. The Morgan fingerprint density at radius 3 is 2.44 bits per heavy atom. The maximum absolute atomic E-state index is 12.0. The molecule has 1 heterocycles. The normalized spacial score (nSPS) is 10.7. The second-order valence-electron chi connectivity index (χ2n) is 4.61. The van der Waals surface area contributed by atoms with Crippen molar-refractivity contribution in [2.75, 3.05) is 7.05 Å². The monoisotopic (exact) mass is 216 g/mol. The highest BCUT2D eigenvalue weighted by molar-refractivity contribution is 5.92. The third-order valence-electron chi connectivity index (χ3n) is 2.46. The van der Waals surface area contributed by atoms with Crippen molar-refractivity contribution >= 4 is 5.91 Å². The van der Waals surface area contributed by atoms with Crippen LogP contribution in [-0.2, 0) is 0 Å². The molecule has 0 saturated carbocycles. The Bertz CT molecular complexity index is 421. The van der Waals surface area contributed by atoms with Crippen molar-refractivity contribution in [3.05, 3.63) is 29.6 Å². The van der Waals surface area contributed by atoms with E-state index in [1.807, 2.05) is 20.8 Å². The molecule has 1 aromatic heterocycles. The van der Waals surface area contributed by atoms with Crippen LogP contribution in [0.1, 0.15) is 36.8 Å². The fraction of sp³-hybridized carbons (Fsp3) is 0.385. The summed E-state index contributed by atoms with van der Waals surface area (Å²) in [5.74, 6) is 2.36. The fourth-order valence-corrected chi connectivity index (χ4v) is 1.08. The molecule has 0 unspecified atom stereocenters. The van der Waals surface area contributed by atoms with Crippen molar-refractivity contribution in [1.82, 2.24) is 9.88 Å². The first-order chi connectivity index (χ1) is 7.36. The zero-order valence-electron chi connectivity index (χ0n) is 10.1. The number of pyridine rings is 1. The summed E-state index contributed by atoms with van der Waals surface area (Å²) >= 11 is 0. The van der Waals surface area contributed by atoms with Crippen molar-refractivity contribution in [3.8, 4) is 12.3 Å². The Morgan fingerprint density at radius 2 is 2.06 bits per heavy atom. The predicted molar refractivity (Wildman–Crippen MR) is 64.0 cm³/mol. The van der Waals surface area contributed by atoms with Crippen molar-refractivity contribution in [2.24, 2.45) is 0 Å². The molecule has 1 amide bonds. The van der Waals surface area contributed by atoms with E-state index in [2.05, 4.69) is 10.9 Å². The molecule has 0 saturated heterocycles. The van der Waals surface area contributed by atoms with E-state index in [-0.39, 0.29) is 11.4 Å². The van der Waals surface area contributed by atoms with Gasteiger partial charge in [0.05, 0.1) is 0 Å². The van der Waals surface area contributed by atoms with E-state index in [1.54, 1.807) is 24.1 Å². The highest BCUT2D eigenvalue weighted by atomic mass is 16.2. The van der Waals surface area contributed by atoms with E-state index in [1.165, 1.54) is 6.20 Å². The molecule has 0 radical (unpaired) electrons. The lowest BCUT2D eigenvalue weighted by Crippen LogP contribution is -2.42. The number of carbonyl (C=O) groups is 1. The lowest BCUT2D eigenvalue weighted by Gasteiger charge is -2.31. The van der Waals surface area contributed by atoms with Crippen LogP contribution in [0.4, 0.5) is 0 Å². The minimum atomic E-state index is -0.219. The van der Waals surface area contributed by atoms with Crippen LogP contribution in [0.3, 0.4) is 0 Å². The van der Waals surface area contributed by atoms with Crippen LogP contribution in [0.25, 0.3) is 0 Å². The van der Waals surface area contributed by atoms with Crippen LogP contribution in [0, 0.1) is 12.3 Å². The zero-order valence-corrected chi connectivity index (χ0v) is 10.1. The number of carbonyl (C=O) groups excluding carboxylic acids is 1. The van der Waals surface area contributed by atoms with Crippen LogP contribution >= 0.6 is 0 Å². The number of aromatic nitrogens is 1. The third-order valence-corrected chi connectivity index (χ3v) is 2.46. The Labute approximate surface area is 96.5 Å². The van der Waals surface area contributed by atoms with E-state index in [9.17, 15) is 4.79 Å². The van der Waals surface area contributed by atoms with E-state index in [0.29, 0.717) is 11.3 Å². The molecule has 0 N–H and O–H groups in total. The maximum atomic E-state index is 12.0. The van der Waals surface area contributed by atoms with E-state index in [4.69, 9.17) is 6.42 Å². The molecular formula is C13H16N2O. The average molecular weight is 216 g/mol. The molecule has 0 aromatic carbocycles. The summed E-state index contributed by atoms with van der Waals surface area (Å²) < 4.78 is 0. The first-order valence-corrected chi connectivity index (χ1v) is 5.07. The van der Waals surface area contributed by atoms with Gasteiger partial charge in [-0.05, 0) is 32.9 Å². The molecule has 0 aliphatic heterocycles. The second-order valence-corrected chi connectivity index (χ2v) is 4.61. The number of terminal acetylenes is 1. The first kappa shape index (κ1) is 12.3. The van der Waals surface area contributed by atoms with Crippen LogP contribution in [0.2, 0.25) is 0 Å². The molecule has 0 aliphatic rings. The number of rotatable bonds is 1. The Kier molecular flexibility index (Phi) is 3.34. The molecule has 0 aliphatic carbocycles. The summed E-state index contributed by atoms with van der Waals surface area (Å²) in [7, 11) is 1.76. The lowest BCUT2D eigenvalue weighted by molar-refractivity contribution is 0.0649. The van der Waals surface area contributed by atoms with Crippen LogP contribution < -0.4 is 0 Å². The van der Waals surface area contributed by atoms with E-state index >= 15 is 0 Å². The van der Waals surface area contributed by atoms with Crippen molar-refractivity contribution in [3.63, 3.8) is 0 Å². The fourth-order valence-electron chi connectivity index (χ4n) is 1.08. The molecule has 1 rings (SSSR count). The Hall–Kier alpha value is -1.82. The van der Waals surface area contributed by atoms with Gasteiger partial charge in [-0.15, -0.1) is 6.42 Å². The van der Waals surface area contributed by atoms with Gasteiger partial charge in [0.2, 0.25) is 0 Å². The van der Waals surface area contributed by atoms with Gasteiger partial charge in [0.25, 0.3) is 5.91 Å². The number of hydrogen-bond acceptors (Lipinski definition) is 2. The van der Waals surface area contributed by atoms with Gasteiger partial charge < -0.3 is 4.90 Å². The topological polar surface area (TPSA) is 33.2 Å². The molecule has 0 fully saturated rings. The Balaban J connectivity index is 2.94.